The summed E-state index contributed by atoms with van der Waals surface area (Å²) in [6, 6.07) is 3.23. The van der Waals surface area contributed by atoms with Gasteiger partial charge in [0.25, 0.3) is 0 Å². The highest BCUT2D eigenvalue weighted by Crippen LogP contribution is 2.33. The number of nitrogens with one attached hydrogen (secondary N) is 1. The zero-order valence-corrected chi connectivity index (χ0v) is 14.6. The zero-order valence-electron chi connectivity index (χ0n) is 13.0. The second-order valence-electron chi connectivity index (χ2n) is 7.02. The van der Waals surface area contributed by atoms with Crippen molar-refractivity contribution in [1.82, 2.24) is 10.2 Å². The molecule has 1 unspecified atom stereocenters. The van der Waals surface area contributed by atoms with Crippen LogP contribution in [0, 0.1) is 5.41 Å². The van der Waals surface area contributed by atoms with Gasteiger partial charge < -0.3 is 10.2 Å². The third-order valence-electron chi connectivity index (χ3n) is 3.57. The van der Waals surface area contributed by atoms with Gasteiger partial charge >= 0.3 is 0 Å². The molecule has 1 aromatic heterocycles. The molecular formula is C15H21ClN2O2S. The molecule has 0 spiro atoms. The van der Waals surface area contributed by atoms with Crippen molar-refractivity contribution in [3.8, 4) is 0 Å². The standard InChI is InChI=1S/C15H21ClN2O2S/c1-14(2,3)11-12(19)17-15(4,5)13(20)18(11)8-9-6-7-10(16)21-9/h6-7,11H,8H2,1-5H3,(H,17,19). The Kier molecular flexibility index (Phi) is 4.10. The number of halogens is 1. The van der Waals surface area contributed by atoms with Crippen LogP contribution >= 0.6 is 22.9 Å². The summed E-state index contributed by atoms with van der Waals surface area (Å²) in [5, 5.41) is 2.83. The van der Waals surface area contributed by atoms with Gasteiger partial charge in [-0.25, -0.2) is 0 Å². The van der Waals surface area contributed by atoms with Crippen molar-refractivity contribution in [3.05, 3.63) is 21.3 Å². The molecule has 1 atom stereocenters. The van der Waals surface area contributed by atoms with Crippen LogP contribution in [0.4, 0.5) is 0 Å². The molecule has 116 valence electrons. The minimum atomic E-state index is -0.875. The van der Waals surface area contributed by atoms with Crippen LogP contribution in [0.3, 0.4) is 0 Å². The summed E-state index contributed by atoms with van der Waals surface area (Å²) in [6.45, 7) is 9.79. The van der Waals surface area contributed by atoms with E-state index in [0.29, 0.717) is 10.9 Å². The fourth-order valence-corrected chi connectivity index (χ4v) is 3.76. The van der Waals surface area contributed by atoms with Crippen LogP contribution in [-0.2, 0) is 16.1 Å². The van der Waals surface area contributed by atoms with Gasteiger partial charge in [-0.2, -0.15) is 0 Å². The molecule has 0 aliphatic carbocycles. The van der Waals surface area contributed by atoms with E-state index in [-0.39, 0.29) is 17.2 Å². The van der Waals surface area contributed by atoms with Gasteiger partial charge in [-0.1, -0.05) is 32.4 Å². The minimum Gasteiger partial charge on any atom is -0.340 e. The molecule has 0 radical (unpaired) electrons. The fraction of sp³-hybridized carbons (Fsp3) is 0.600. The normalized spacial score (nSPS) is 22.4. The lowest BCUT2D eigenvalue weighted by molar-refractivity contribution is -0.158. The summed E-state index contributed by atoms with van der Waals surface area (Å²) >= 11 is 7.40. The molecule has 0 saturated carbocycles. The summed E-state index contributed by atoms with van der Waals surface area (Å²) in [6.07, 6.45) is 0. The summed E-state index contributed by atoms with van der Waals surface area (Å²) in [5.41, 5.74) is -1.21. The third kappa shape index (κ3) is 3.24. The number of hydrogen-bond acceptors (Lipinski definition) is 3. The molecule has 1 aromatic rings. The Balaban J connectivity index is 2.38. The first kappa shape index (κ1) is 16.3. The SMILES string of the molecule is CC1(C)NC(=O)C(C(C)(C)C)N(Cc2ccc(Cl)s2)C1=O. The Hall–Kier alpha value is -1.07. The lowest BCUT2D eigenvalue weighted by Crippen LogP contribution is -2.70. The van der Waals surface area contributed by atoms with Gasteiger partial charge in [-0.3, -0.25) is 9.59 Å². The number of nitrogens with zero attached hydrogens (tertiary/aromatic N) is 1. The molecule has 0 bridgehead atoms. The summed E-state index contributed by atoms with van der Waals surface area (Å²) in [7, 11) is 0. The molecule has 6 heteroatoms. The van der Waals surface area contributed by atoms with Crippen LogP contribution in [0.15, 0.2) is 12.1 Å². The average molecular weight is 329 g/mol. The Labute approximate surface area is 134 Å². The van der Waals surface area contributed by atoms with Gasteiger partial charge in [0.05, 0.1) is 10.9 Å². The van der Waals surface area contributed by atoms with Gasteiger partial charge in [0, 0.05) is 4.88 Å². The molecule has 2 amide bonds. The molecule has 2 rings (SSSR count). The summed E-state index contributed by atoms with van der Waals surface area (Å²) < 4.78 is 0.686. The van der Waals surface area contributed by atoms with Crippen molar-refractivity contribution in [1.29, 1.82) is 0 Å². The first-order valence-corrected chi connectivity index (χ1v) is 8.09. The molecule has 2 heterocycles. The van der Waals surface area contributed by atoms with Crippen LogP contribution in [0.1, 0.15) is 39.5 Å². The second-order valence-corrected chi connectivity index (χ2v) is 8.82. The van der Waals surface area contributed by atoms with Gasteiger partial charge in [-0.15, -0.1) is 11.3 Å². The van der Waals surface area contributed by atoms with Crippen molar-refractivity contribution in [2.45, 2.75) is 52.7 Å². The predicted molar refractivity (Wildman–Crippen MR) is 85.3 cm³/mol. The van der Waals surface area contributed by atoms with Crippen molar-refractivity contribution in [2.24, 2.45) is 5.41 Å². The number of carbonyl (C=O) groups excluding carboxylic acids is 2. The van der Waals surface area contributed by atoms with E-state index in [1.165, 1.54) is 11.3 Å². The van der Waals surface area contributed by atoms with E-state index in [1.54, 1.807) is 18.7 Å². The van der Waals surface area contributed by atoms with Crippen LogP contribution in [0.25, 0.3) is 0 Å². The smallest absolute Gasteiger partial charge is 0.248 e. The minimum absolute atomic E-state index is 0.0634. The molecule has 1 fully saturated rings. The van der Waals surface area contributed by atoms with E-state index in [9.17, 15) is 9.59 Å². The highest BCUT2D eigenvalue weighted by Gasteiger charge is 2.49. The highest BCUT2D eigenvalue weighted by atomic mass is 35.5. The van der Waals surface area contributed by atoms with E-state index in [2.05, 4.69) is 5.32 Å². The monoisotopic (exact) mass is 328 g/mol. The second kappa shape index (κ2) is 5.29. The summed E-state index contributed by atoms with van der Waals surface area (Å²) in [4.78, 5) is 27.9. The van der Waals surface area contributed by atoms with E-state index in [4.69, 9.17) is 11.6 Å². The summed E-state index contributed by atoms with van der Waals surface area (Å²) in [5.74, 6) is -0.165. The topological polar surface area (TPSA) is 49.4 Å². The Morgan fingerprint density at radius 1 is 1.33 bits per heavy atom. The van der Waals surface area contributed by atoms with Crippen molar-refractivity contribution in [2.75, 3.05) is 0 Å². The average Bonchev–Trinajstić information content (AvgIpc) is 2.69. The van der Waals surface area contributed by atoms with E-state index < -0.39 is 11.6 Å². The van der Waals surface area contributed by atoms with Gasteiger partial charge in [0.2, 0.25) is 11.8 Å². The van der Waals surface area contributed by atoms with Crippen molar-refractivity contribution in [3.63, 3.8) is 0 Å². The molecule has 1 aliphatic heterocycles. The van der Waals surface area contributed by atoms with Crippen LogP contribution in [0.2, 0.25) is 4.34 Å². The Morgan fingerprint density at radius 3 is 2.43 bits per heavy atom. The molecule has 1 saturated heterocycles. The van der Waals surface area contributed by atoms with Crippen molar-refractivity contribution >= 4 is 34.8 Å². The molecule has 1 N–H and O–H groups in total. The lowest BCUT2D eigenvalue weighted by Gasteiger charge is -2.47. The molecule has 0 aromatic carbocycles. The number of thiophene rings is 1. The molecule has 4 nitrogen and oxygen atoms in total. The zero-order chi connectivity index (χ0) is 16.0. The maximum atomic E-state index is 12.7. The lowest BCUT2D eigenvalue weighted by atomic mass is 9.81. The number of carbonyl (C=O) groups is 2. The highest BCUT2D eigenvalue weighted by molar-refractivity contribution is 7.16. The maximum Gasteiger partial charge on any atom is 0.248 e. The van der Waals surface area contributed by atoms with E-state index in [1.807, 2.05) is 32.9 Å². The third-order valence-corrected chi connectivity index (χ3v) is 4.78. The number of rotatable bonds is 2. The van der Waals surface area contributed by atoms with E-state index in [0.717, 1.165) is 4.88 Å². The first-order chi connectivity index (χ1) is 9.52. The van der Waals surface area contributed by atoms with Crippen LogP contribution < -0.4 is 5.32 Å². The largest absolute Gasteiger partial charge is 0.340 e. The molecule has 1 aliphatic rings. The number of piperazine rings is 1. The number of amides is 2. The fourth-order valence-electron chi connectivity index (χ4n) is 2.68. The molecular weight excluding hydrogens is 308 g/mol. The van der Waals surface area contributed by atoms with Gasteiger partial charge in [0.15, 0.2) is 0 Å². The van der Waals surface area contributed by atoms with Crippen molar-refractivity contribution < 1.29 is 9.59 Å². The predicted octanol–water partition coefficient (Wildman–Crippen LogP) is 3.05. The van der Waals surface area contributed by atoms with Gasteiger partial charge in [-0.05, 0) is 31.4 Å². The van der Waals surface area contributed by atoms with Crippen LogP contribution in [-0.4, -0.2) is 28.3 Å². The molecule has 21 heavy (non-hydrogen) atoms. The van der Waals surface area contributed by atoms with Gasteiger partial charge in [0.1, 0.15) is 11.6 Å². The van der Waals surface area contributed by atoms with E-state index >= 15 is 0 Å². The number of hydrogen-bond donors (Lipinski definition) is 1. The first-order valence-electron chi connectivity index (χ1n) is 6.90. The quantitative estimate of drug-likeness (QED) is 0.907. The Morgan fingerprint density at radius 2 is 1.95 bits per heavy atom. The Bertz CT molecular complexity index is 574. The maximum absolute atomic E-state index is 12.7. The van der Waals surface area contributed by atoms with Crippen LogP contribution in [0.5, 0.6) is 0 Å².